The highest BCUT2D eigenvalue weighted by Gasteiger charge is 2.07. The van der Waals surface area contributed by atoms with Crippen molar-refractivity contribution < 1.29 is 9.47 Å². The Kier molecular flexibility index (Phi) is 7.89. The Bertz CT molecular complexity index is 733. The smallest absolute Gasteiger partial charge is 0.187 e. The molecule has 2 aromatic carbocycles. The Morgan fingerprint density at radius 3 is 2.62 bits per heavy atom. The number of hydrogen-bond acceptors (Lipinski definition) is 4. The van der Waals surface area contributed by atoms with Crippen molar-refractivity contribution in [3.63, 3.8) is 0 Å². The molecule has 0 heterocycles. The first kappa shape index (κ1) is 19.7. The molecule has 0 fully saturated rings. The van der Waals surface area contributed by atoms with Gasteiger partial charge in [-0.15, -0.1) is 0 Å². The molecule has 0 bridgehead atoms. The van der Waals surface area contributed by atoms with Gasteiger partial charge >= 0.3 is 0 Å². The molecule has 0 aliphatic carbocycles. The Hall–Kier alpha value is -2.60. The molecule has 0 radical (unpaired) electrons. The topological polar surface area (TPSA) is 54.9 Å². The van der Waals surface area contributed by atoms with E-state index in [0.717, 1.165) is 16.9 Å². The van der Waals surface area contributed by atoms with Crippen molar-refractivity contribution in [1.29, 1.82) is 0 Å². The molecule has 0 saturated heterocycles. The van der Waals surface area contributed by atoms with Crippen LogP contribution in [0.5, 0.6) is 11.5 Å². The zero-order valence-electron chi connectivity index (χ0n) is 15.4. The lowest BCUT2D eigenvalue weighted by atomic mass is 10.2. The predicted molar refractivity (Wildman–Crippen MR) is 110 cm³/mol. The van der Waals surface area contributed by atoms with E-state index in [1.54, 1.807) is 6.21 Å². The van der Waals surface area contributed by atoms with E-state index >= 15 is 0 Å². The highest BCUT2D eigenvalue weighted by atomic mass is 32.1. The number of nitrogens with zero attached hydrogens (tertiary/aromatic N) is 1. The van der Waals surface area contributed by atoms with Crippen LogP contribution in [0.15, 0.2) is 53.6 Å². The van der Waals surface area contributed by atoms with E-state index < -0.39 is 0 Å². The van der Waals surface area contributed by atoms with Crippen LogP contribution in [-0.4, -0.2) is 24.0 Å². The van der Waals surface area contributed by atoms with Crippen molar-refractivity contribution in [1.82, 2.24) is 10.7 Å². The summed E-state index contributed by atoms with van der Waals surface area (Å²) in [6, 6.07) is 15.8. The number of hydrogen-bond donors (Lipinski definition) is 2. The van der Waals surface area contributed by atoms with Crippen LogP contribution in [0, 0.1) is 0 Å². The van der Waals surface area contributed by atoms with Gasteiger partial charge in [0.25, 0.3) is 0 Å². The maximum atomic E-state index is 5.75. The quantitative estimate of drug-likeness (QED) is 0.419. The molecule has 0 spiro atoms. The zero-order valence-corrected chi connectivity index (χ0v) is 16.2. The summed E-state index contributed by atoms with van der Waals surface area (Å²) in [6.45, 7) is 7.13. The van der Waals surface area contributed by atoms with Crippen LogP contribution in [0.25, 0.3) is 0 Å². The largest absolute Gasteiger partial charge is 0.490 e. The molecule has 26 heavy (non-hydrogen) atoms. The molecule has 0 aliphatic rings. The molecule has 0 unspecified atom stereocenters. The second-order valence-corrected chi connectivity index (χ2v) is 6.25. The van der Waals surface area contributed by atoms with E-state index in [0.29, 0.717) is 24.0 Å². The van der Waals surface area contributed by atoms with E-state index in [1.165, 1.54) is 0 Å². The van der Waals surface area contributed by atoms with Gasteiger partial charge in [-0.05, 0) is 62.3 Å². The predicted octanol–water partition coefficient (Wildman–Crippen LogP) is 3.87. The Labute approximate surface area is 160 Å². The third-order valence-corrected chi connectivity index (χ3v) is 3.54. The van der Waals surface area contributed by atoms with E-state index in [-0.39, 0.29) is 6.10 Å². The normalized spacial score (nSPS) is 10.8. The molecule has 2 aromatic rings. The fraction of sp³-hybridized carbons (Fsp3) is 0.300. The van der Waals surface area contributed by atoms with Crippen LogP contribution in [0.1, 0.15) is 31.9 Å². The van der Waals surface area contributed by atoms with Crippen LogP contribution < -0.4 is 20.2 Å². The molecule has 0 amide bonds. The van der Waals surface area contributed by atoms with Crippen molar-refractivity contribution in [2.24, 2.45) is 5.10 Å². The summed E-state index contributed by atoms with van der Waals surface area (Å²) >= 11 is 5.22. The van der Waals surface area contributed by atoms with Crippen molar-refractivity contribution >= 4 is 23.5 Å². The molecule has 0 atom stereocenters. The van der Waals surface area contributed by atoms with E-state index in [9.17, 15) is 0 Å². The summed E-state index contributed by atoms with van der Waals surface area (Å²) in [5.74, 6) is 1.43. The van der Waals surface area contributed by atoms with E-state index in [1.807, 2.05) is 69.3 Å². The Morgan fingerprint density at radius 1 is 1.15 bits per heavy atom. The molecule has 0 aromatic heterocycles. The van der Waals surface area contributed by atoms with Crippen LogP contribution >= 0.6 is 12.2 Å². The van der Waals surface area contributed by atoms with Gasteiger partial charge in [0.15, 0.2) is 16.6 Å². The minimum atomic E-state index is 0.0865. The second-order valence-electron chi connectivity index (χ2n) is 5.84. The number of hydrazone groups is 1. The average molecular weight is 372 g/mol. The van der Waals surface area contributed by atoms with Crippen LogP contribution in [0.2, 0.25) is 0 Å². The number of benzene rings is 2. The third-order valence-electron chi connectivity index (χ3n) is 3.31. The first-order valence-electron chi connectivity index (χ1n) is 8.62. The van der Waals surface area contributed by atoms with Crippen molar-refractivity contribution in [2.45, 2.75) is 33.4 Å². The SMILES string of the molecule is CCOc1cc(C=NNC(=S)NCc2ccccc2)ccc1OC(C)C. The summed E-state index contributed by atoms with van der Waals surface area (Å²) in [4.78, 5) is 0. The standard InChI is InChI=1S/C20H25N3O2S/c1-4-24-19-12-17(10-11-18(19)25-15(2)3)14-22-23-20(26)21-13-16-8-6-5-7-9-16/h5-12,14-15H,4,13H2,1-3H3,(H2,21,23,26). The lowest BCUT2D eigenvalue weighted by Crippen LogP contribution is -2.31. The Balaban J connectivity index is 1.90. The minimum absolute atomic E-state index is 0.0865. The number of ether oxygens (including phenoxy) is 2. The van der Waals surface area contributed by atoms with Crippen LogP contribution in [0.4, 0.5) is 0 Å². The fourth-order valence-corrected chi connectivity index (χ4v) is 2.33. The van der Waals surface area contributed by atoms with E-state index in [2.05, 4.69) is 15.8 Å². The molecule has 6 heteroatoms. The molecule has 2 N–H and O–H groups in total. The molecule has 0 aliphatic heterocycles. The first-order valence-corrected chi connectivity index (χ1v) is 9.03. The molecule has 0 saturated carbocycles. The number of rotatable bonds is 8. The zero-order chi connectivity index (χ0) is 18.8. The minimum Gasteiger partial charge on any atom is -0.490 e. The van der Waals surface area contributed by atoms with Gasteiger partial charge in [-0.1, -0.05) is 30.3 Å². The molecular weight excluding hydrogens is 346 g/mol. The lowest BCUT2D eigenvalue weighted by Gasteiger charge is -2.14. The number of thiocarbonyl (C=S) groups is 1. The Morgan fingerprint density at radius 2 is 1.92 bits per heavy atom. The average Bonchev–Trinajstić information content (AvgIpc) is 2.63. The molecule has 2 rings (SSSR count). The van der Waals surface area contributed by atoms with Crippen LogP contribution in [-0.2, 0) is 6.54 Å². The van der Waals surface area contributed by atoms with Gasteiger partial charge in [0.2, 0.25) is 0 Å². The van der Waals surface area contributed by atoms with Gasteiger partial charge in [-0.3, -0.25) is 5.43 Å². The lowest BCUT2D eigenvalue weighted by molar-refractivity contribution is 0.224. The van der Waals surface area contributed by atoms with Gasteiger partial charge < -0.3 is 14.8 Å². The summed E-state index contributed by atoms with van der Waals surface area (Å²) in [5.41, 5.74) is 4.86. The van der Waals surface area contributed by atoms with Gasteiger partial charge in [0, 0.05) is 6.54 Å². The maximum absolute atomic E-state index is 5.75. The van der Waals surface area contributed by atoms with Gasteiger partial charge in [0.05, 0.1) is 18.9 Å². The van der Waals surface area contributed by atoms with Gasteiger partial charge in [-0.25, -0.2) is 0 Å². The third kappa shape index (κ3) is 6.72. The molecule has 5 nitrogen and oxygen atoms in total. The van der Waals surface area contributed by atoms with Crippen molar-refractivity contribution in [2.75, 3.05) is 6.61 Å². The second kappa shape index (κ2) is 10.4. The maximum Gasteiger partial charge on any atom is 0.187 e. The monoisotopic (exact) mass is 371 g/mol. The van der Waals surface area contributed by atoms with Crippen LogP contribution in [0.3, 0.4) is 0 Å². The number of nitrogens with one attached hydrogen (secondary N) is 2. The highest BCUT2D eigenvalue weighted by Crippen LogP contribution is 2.28. The van der Waals surface area contributed by atoms with Crippen molar-refractivity contribution in [3.8, 4) is 11.5 Å². The summed E-state index contributed by atoms with van der Waals surface area (Å²) in [5, 5.41) is 7.75. The summed E-state index contributed by atoms with van der Waals surface area (Å²) in [6.07, 6.45) is 1.78. The first-order chi connectivity index (χ1) is 12.6. The van der Waals surface area contributed by atoms with E-state index in [4.69, 9.17) is 21.7 Å². The summed E-state index contributed by atoms with van der Waals surface area (Å²) in [7, 11) is 0. The molecular formula is C20H25N3O2S. The fourth-order valence-electron chi connectivity index (χ4n) is 2.21. The molecule has 138 valence electrons. The highest BCUT2D eigenvalue weighted by molar-refractivity contribution is 7.80. The van der Waals surface area contributed by atoms with Crippen molar-refractivity contribution in [3.05, 3.63) is 59.7 Å². The van der Waals surface area contributed by atoms with Gasteiger partial charge in [0.1, 0.15) is 0 Å². The summed E-state index contributed by atoms with van der Waals surface area (Å²) < 4.78 is 11.4. The van der Waals surface area contributed by atoms with Gasteiger partial charge in [-0.2, -0.15) is 5.10 Å².